The van der Waals surface area contributed by atoms with Gasteiger partial charge in [0.2, 0.25) is 5.91 Å². The third-order valence-electron chi connectivity index (χ3n) is 3.60. The van der Waals surface area contributed by atoms with Gasteiger partial charge in [0, 0.05) is 13.0 Å². The molecule has 3 heteroatoms. The predicted octanol–water partition coefficient (Wildman–Crippen LogP) is 3.98. The highest BCUT2D eigenvalue weighted by Gasteiger charge is 2.11. The van der Waals surface area contributed by atoms with Crippen molar-refractivity contribution in [3.05, 3.63) is 0 Å². The molecule has 1 atom stereocenters. The highest BCUT2D eigenvalue weighted by atomic mass is 16.2. The number of amides is 1. The lowest BCUT2D eigenvalue weighted by atomic mass is 9.97. The Labute approximate surface area is 119 Å². The van der Waals surface area contributed by atoms with E-state index in [2.05, 4.69) is 34.6 Å². The second-order valence-corrected chi connectivity index (χ2v) is 6.74. The SMILES string of the molecule is CC(C)CCCC(C)CCN(N)C(=O)CCC(C)C. The molecule has 1 unspecified atom stereocenters. The van der Waals surface area contributed by atoms with Crippen LogP contribution in [0.1, 0.15) is 73.1 Å². The molecule has 0 saturated carbocycles. The average molecular weight is 270 g/mol. The van der Waals surface area contributed by atoms with Gasteiger partial charge in [-0.05, 0) is 30.6 Å². The summed E-state index contributed by atoms with van der Waals surface area (Å²) in [6, 6.07) is 0. The summed E-state index contributed by atoms with van der Waals surface area (Å²) in [5, 5.41) is 1.42. The van der Waals surface area contributed by atoms with Crippen LogP contribution in [0, 0.1) is 17.8 Å². The average Bonchev–Trinajstić information content (AvgIpc) is 2.32. The van der Waals surface area contributed by atoms with Crippen LogP contribution in [-0.4, -0.2) is 17.5 Å². The minimum Gasteiger partial charge on any atom is -0.281 e. The van der Waals surface area contributed by atoms with Crippen molar-refractivity contribution in [3.63, 3.8) is 0 Å². The third kappa shape index (κ3) is 11.0. The smallest absolute Gasteiger partial charge is 0.236 e. The summed E-state index contributed by atoms with van der Waals surface area (Å²) in [5.41, 5.74) is 0. The van der Waals surface area contributed by atoms with E-state index in [-0.39, 0.29) is 5.91 Å². The number of hydrogen-bond donors (Lipinski definition) is 1. The largest absolute Gasteiger partial charge is 0.281 e. The summed E-state index contributed by atoms with van der Waals surface area (Å²) in [4.78, 5) is 11.8. The van der Waals surface area contributed by atoms with Crippen LogP contribution < -0.4 is 5.84 Å². The van der Waals surface area contributed by atoms with E-state index in [1.54, 1.807) is 0 Å². The van der Waals surface area contributed by atoms with Gasteiger partial charge >= 0.3 is 0 Å². The fourth-order valence-corrected chi connectivity index (χ4v) is 2.06. The number of hydrogen-bond acceptors (Lipinski definition) is 2. The molecule has 1 amide bonds. The van der Waals surface area contributed by atoms with Crippen molar-refractivity contribution in [1.82, 2.24) is 5.01 Å². The van der Waals surface area contributed by atoms with Crippen molar-refractivity contribution in [1.29, 1.82) is 0 Å². The lowest BCUT2D eigenvalue weighted by Gasteiger charge is -2.20. The molecule has 0 aromatic rings. The molecule has 0 radical (unpaired) electrons. The maximum Gasteiger partial charge on any atom is 0.236 e. The van der Waals surface area contributed by atoms with Crippen LogP contribution in [0.15, 0.2) is 0 Å². The molecule has 0 rings (SSSR count). The first-order chi connectivity index (χ1) is 8.82. The number of hydrazine groups is 1. The van der Waals surface area contributed by atoms with E-state index in [0.717, 1.165) is 18.8 Å². The first kappa shape index (κ1) is 18.4. The van der Waals surface area contributed by atoms with Crippen molar-refractivity contribution >= 4 is 5.91 Å². The Morgan fingerprint density at radius 1 is 0.947 bits per heavy atom. The van der Waals surface area contributed by atoms with Crippen molar-refractivity contribution in [2.24, 2.45) is 23.6 Å². The standard InChI is InChI=1S/C16H34N2O/c1-13(2)7-6-8-15(5)11-12-18(17)16(19)10-9-14(3)4/h13-15H,6-12,17H2,1-5H3. The molecule has 0 aliphatic carbocycles. The number of rotatable bonds is 10. The van der Waals surface area contributed by atoms with E-state index < -0.39 is 0 Å². The zero-order chi connectivity index (χ0) is 14.8. The van der Waals surface area contributed by atoms with Crippen LogP contribution in [0.2, 0.25) is 0 Å². The quantitative estimate of drug-likeness (QED) is 0.371. The number of carbonyl (C=O) groups excluding carboxylic acids is 1. The topological polar surface area (TPSA) is 46.3 Å². The van der Waals surface area contributed by atoms with E-state index in [1.165, 1.54) is 24.3 Å². The second-order valence-electron chi connectivity index (χ2n) is 6.74. The lowest BCUT2D eigenvalue weighted by molar-refractivity contribution is -0.132. The van der Waals surface area contributed by atoms with Gasteiger partial charge in [0.1, 0.15) is 0 Å². The Morgan fingerprint density at radius 2 is 1.53 bits per heavy atom. The van der Waals surface area contributed by atoms with Crippen LogP contribution in [0.4, 0.5) is 0 Å². The lowest BCUT2D eigenvalue weighted by Crippen LogP contribution is -2.38. The van der Waals surface area contributed by atoms with E-state index in [0.29, 0.717) is 24.8 Å². The summed E-state index contributed by atoms with van der Waals surface area (Å²) < 4.78 is 0. The first-order valence-electron chi connectivity index (χ1n) is 7.88. The summed E-state index contributed by atoms with van der Waals surface area (Å²) in [6.45, 7) is 11.7. The van der Waals surface area contributed by atoms with Crippen LogP contribution in [0.3, 0.4) is 0 Å². The van der Waals surface area contributed by atoms with Crippen LogP contribution in [-0.2, 0) is 4.79 Å². The van der Waals surface area contributed by atoms with Gasteiger partial charge in [0.25, 0.3) is 0 Å². The van der Waals surface area contributed by atoms with Crippen molar-refractivity contribution in [2.45, 2.75) is 73.1 Å². The molecule has 0 aromatic heterocycles. The zero-order valence-electron chi connectivity index (χ0n) is 13.6. The molecular formula is C16H34N2O. The Bertz CT molecular complexity index is 239. The number of nitrogens with zero attached hydrogens (tertiary/aromatic N) is 1. The van der Waals surface area contributed by atoms with E-state index in [9.17, 15) is 4.79 Å². The van der Waals surface area contributed by atoms with Gasteiger partial charge < -0.3 is 0 Å². The van der Waals surface area contributed by atoms with Crippen LogP contribution >= 0.6 is 0 Å². The zero-order valence-corrected chi connectivity index (χ0v) is 13.6. The van der Waals surface area contributed by atoms with Gasteiger partial charge in [0.05, 0.1) is 0 Å². The Morgan fingerprint density at radius 3 is 2.05 bits per heavy atom. The van der Waals surface area contributed by atoms with E-state index >= 15 is 0 Å². The Kier molecular flexibility index (Phi) is 9.94. The molecule has 0 fully saturated rings. The van der Waals surface area contributed by atoms with Gasteiger partial charge in [-0.2, -0.15) is 0 Å². The molecule has 0 spiro atoms. The summed E-state index contributed by atoms with van der Waals surface area (Å²) >= 11 is 0. The molecule has 0 saturated heterocycles. The minimum absolute atomic E-state index is 0.0862. The van der Waals surface area contributed by atoms with E-state index in [4.69, 9.17) is 5.84 Å². The maximum absolute atomic E-state index is 11.8. The summed E-state index contributed by atoms with van der Waals surface area (Å²) in [7, 11) is 0. The molecular weight excluding hydrogens is 236 g/mol. The normalized spacial score (nSPS) is 13.1. The molecule has 0 heterocycles. The monoisotopic (exact) mass is 270 g/mol. The van der Waals surface area contributed by atoms with Gasteiger partial charge in [0.15, 0.2) is 0 Å². The minimum atomic E-state index is 0.0862. The molecule has 19 heavy (non-hydrogen) atoms. The maximum atomic E-state index is 11.8. The molecule has 114 valence electrons. The van der Waals surface area contributed by atoms with Crippen LogP contribution in [0.25, 0.3) is 0 Å². The first-order valence-corrected chi connectivity index (χ1v) is 7.88. The third-order valence-corrected chi connectivity index (χ3v) is 3.60. The molecule has 0 aliphatic heterocycles. The highest BCUT2D eigenvalue weighted by Crippen LogP contribution is 2.15. The van der Waals surface area contributed by atoms with Crippen molar-refractivity contribution in [3.8, 4) is 0 Å². The number of nitrogens with two attached hydrogens (primary N) is 1. The Hall–Kier alpha value is -0.570. The Balaban J connectivity index is 3.70. The van der Waals surface area contributed by atoms with Crippen molar-refractivity contribution in [2.75, 3.05) is 6.54 Å². The molecule has 0 bridgehead atoms. The van der Waals surface area contributed by atoms with Gasteiger partial charge in [-0.25, -0.2) is 5.84 Å². The fourth-order valence-electron chi connectivity index (χ4n) is 2.06. The number of carbonyl (C=O) groups is 1. The molecule has 3 nitrogen and oxygen atoms in total. The molecule has 0 aromatic carbocycles. The fraction of sp³-hybridized carbons (Fsp3) is 0.938. The molecule has 2 N–H and O–H groups in total. The highest BCUT2D eigenvalue weighted by molar-refractivity contribution is 5.75. The van der Waals surface area contributed by atoms with Crippen LogP contribution in [0.5, 0.6) is 0 Å². The van der Waals surface area contributed by atoms with Gasteiger partial charge in [-0.1, -0.05) is 53.9 Å². The van der Waals surface area contributed by atoms with Gasteiger partial charge in [-0.3, -0.25) is 9.80 Å². The van der Waals surface area contributed by atoms with Gasteiger partial charge in [-0.15, -0.1) is 0 Å². The second kappa shape index (κ2) is 10.2. The summed E-state index contributed by atoms with van der Waals surface area (Å²) in [5.74, 6) is 7.90. The predicted molar refractivity (Wildman–Crippen MR) is 82.4 cm³/mol. The summed E-state index contributed by atoms with van der Waals surface area (Å²) in [6.07, 6.45) is 6.34. The van der Waals surface area contributed by atoms with E-state index in [1.807, 2.05) is 0 Å². The van der Waals surface area contributed by atoms with Crippen molar-refractivity contribution < 1.29 is 4.79 Å². The molecule has 0 aliphatic rings.